The second-order valence-electron chi connectivity index (χ2n) is 5.73. The summed E-state index contributed by atoms with van der Waals surface area (Å²) < 4.78 is 0. The standard InChI is InChI=1S/C14H27N3S/c1-10(2)8-17(9-11(3)4)14-16-12(5)13(18-14)7-15-6/h10-11,15H,7-9H2,1-6H3. The Bertz CT molecular complexity index is 348. The quantitative estimate of drug-likeness (QED) is 0.823. The van der Waals surface area contributed by atoms with E-state index in [0.717, 1.165) is 19.6 Å². The first-order valence-corrected chi connectivity index (χ1v) is 7.61. The van der Waals surface area contributed by atoms with E-state index in [9.17, 15) is 0 Å². The summed E-state index contributed by atoms with van der Waals surface area (Å²) in [4.78, 5) is 8.53. The minimum Gasteiger partial charge on any atom is -0.348 e. The summed E-state index contributed by atoms with van der Waals surface area (Å²) >= 11 is 1.83. The molecule has 1 aromatic heterocycles. The molecule has 18 heavy (non-hydrogen) atoms. The average molecular weight is 269 g/mol. The lowest BCUT2D eigenvalue weighted by atomic mass is 10.1. The van der Waals surface area contributed by atoms with Crippen molar-refractivity contribution in [2.24, 2.45) is 11.8 Å². The van der Waals surface area contributed by atoms with E-state index in [4.69, 9.17) is 4.98 Å². The van der Waals surface area contributed by atoms with Gasteiger partial charge >= 0.3 is 0 Å². The summed E-state index contributed by atoms with van der Waals surface area (Å²) in [6.45, 7) is 14.3. The lowest BCUT2D eigenvalue weighted by molar-refractivity contribution is 0.551. The topological polar surface area (TPSA) is 28.2 Å². The molecule has 1 aromatic rings. The van der Waals surface area contributed by atoms with Gasteiger partial charge in [0.05, 0.1) is 5.69 Å². The fourth-order valence-electron chi connectivity index (χ4n) is 1.98. The van der Waals surface area contributed by atoms with E-state index in [1.807, 2.05) is 18.4 Å². The maximum Gasteiger partial charge on any atom is 0.185 e. The molecular weight excluding hydrogens is 242 g/mol. The van der Waals surface area contributed by atoms with Gasteiger partial charge < -0.3 is 10.2 Å². The minimum absolute atomic E-state index is 0.667. The molecule has 0 unspecified atom stereocenters. The molecule has 4 heteroatoms. The zero-order valence-electron chi connectivity index (χ0n) is 12.6. The molecule has 0 radical (unpaired) electrons. The molecule has 0 bridgehead atoms. The summed E-state index contributed by atoms with van der Waals surface area (Å²) in [7, 11) is 1.98. The molecule has 0 saturated carbocycles. The Morgan fingerprint density at radius 1 is 1.17 bits per heavy atom. The highest BCUT2D eigenvalue weighted by molar-refractivity contribution is 7.15. The van der Waals surface area contributed by atoms with Crippen LogP contribution in [0.25, 0.3) is 0 Å². The highest BCUT2D eigenvalue weighted by Gasteiger charge is 2.16. The third-order valence-corrected chi connectivity index (χ3v) is 3.88. The number of aromatic nitrogens is 1. The molecule has 0 aliphatic rings. The van der Waals surface area contributed by atoms with Crippen molar-refractivity contribution in [3.63, 3.8) is 0 Å². The largest absolute Gasteiger partial charge is 0.348 e. The molecule has 0 saturated heterocycles. The molecule has 0 amide bonds. The normalized spacial score (nSPS) is 11.6. The molecule has 1 rings (SSSR count). The van der Waals surface area contributed by atoms with Crippen LogP contribution < -0.4 is 10.2 Å². The molecule has 0 atom stereocenters. The Morgan fingerprint density at radius 3 is 2.17 bits per heavy atom. The summed E-state index contributed by atoms with van der Waals surface area (Å²) in [5.74, 6) is 1.33. The van der Waals surface area contributed by atoms with E-state index < -0.39 is 0 Å². The van der Waals surface area contributed by atoms with Crippen LogP contribution >= 0.6 is 11.3 Å². The van der Waals surface area contributed by atoms with Gasteiger partial charge in [0.1, 0.15) is 0 Å². The monoisotopic (exact) mass is 269 g/mol. The number of aryl methyl sites for hydroxylation is 1. The molecule has 1 N–H and O–H groups in total. The van der Waals surface area contributed by atoms with Crippen LogP contribution in [0.1, 0.15) is 38.3 Å². The molecule has 0 aliphatic carbocycles. The van der Waals surface area contributed by atoms with E-state index in [1.54, 1.807) is 0 Å². The smallest absolute Gasteiger partial charge is 0.185 e. The summed E-state index contributed by atoms with van der Waals surface area (Å²) in [6, 6.07) is 0. The fourth-order valence-corrected chi connectivity index (χ4v) is 3.08. The van der Waals surface area contributed by atoms with Crippen molar-refractivity contribution < 1.29 is 0 Å². The van der Waals surface area contributed by atoms with Crippen molar-refractivity contribution in [1.82, 2.24) is 10.3 Å². The predicted octanol–water partition coefficient (Wildman–Crippen LogP) is 3.29. The van der Waals surface area contributed by atoms with Crippen molar-refractivity contribution in [3.8, 4) is 0 Å². The van der Waals surface area contributed by atoms with Gasteiger partial charge in [-0.25, -0.2) is 4.98 Å². The van der Waals surface area contributed by atoms with Crippen LogP contribution in [-0.4, -0.2) is 25.1 Å². The predicted molar refractivity (Wildman–Crippen MR) is 81.5 cm³/mol. The number of nitrogens with one attached hydrogen (secondary N) is 1. The van der Waals surface area contributed by atoms with Gasteiger partial charge in [0.15, 0.2) is 5.13 Å². The van der Waals surface area contributed by atoms with E-state index in [1.165, 1.54) is 15.7 Å². The number of rotatable bonds is 7. The zero-order chi connectivity index (χ0) is 13.7. The van der Waals surface area contributed by atoms with E-state index >= 15 is 0 Å². The fraction of sp³-hybridized carbons (Fsp3) is 0.786. The van der Waals surface area contributed by atoms with Crippen molar-refractivity contribution >= 4 is 16.5 Å². The van der Waals surface area contributed by atoms with Gasteiger partial charge in [-0.15, -0.1) is 11.3 Å². The molecule has 0 aromatic carbocycles. The average Bonchev–Trinajstić information content (AvgIpc) is 2.59. The van der Waals surface area contributed by atoms with Crippen LogP contribution in [0.2, 0.25) is 0 Å². The van der Waals surface area contributed by atoms with Crippen LogP contribution in [0.4, 0.5) is 5.13 Å². The number of nitrogens with zero attached hydrogens (tertiary/aromatic N) is 2. The molecule has 0 spiro atoms. The first-order valence-electron chi connectivity index (χ1n) is 6.79. The Kier molecular flexibility index (Phi) is 6.09. The third kappa shape index (κ3) is 4.58. The van der Waals surface area contributed by atoms with Crippen LogP contribution in [0.15, 0.2) is 0 Å². The van der Waals surface area contributed by atoms with Crippen LogP contribution in [0.5, 0.6) is 0 Å². The maximum absolute atomic E-state index is 4.74. The molecule has 0 fully saturated rings. The van der Waals surface area contributed by atoms with Gasteiger partial charge in [-0.1, -0.05) is 27.7 Å². The lowest BCUT2D eigenvalue weighted by Gasteiger charge is -2.25. The van der Waals surface area contributed by atoms with Crippen molar-refractivity contribution in [3.05, 3.63) is 10.6 Å². The second-order valence-corrected chi connectivity index (χ2v) is 6.79. The van der Waals surface area contributed by atoms with Crippen LogP contribution in [0, 0.1) is 18.8 Å². The number of thiazole rings is 1. The van der Waals surface area contributed by atoms with E-state index in [0.29, 0.717) is 11.8 Å². The number of anilines is 1. The van der Waals surface area contributed by atoms with Crippen molar-refractivity contribution in [1.29, 1.82) is 0 Å². The highest BCUT2D eigenvalue weighted by atomic mass is 32.1. The molecule has 3 nitrogen and oxygen atoms in total. The van der Waals surface area contributed by atoms with Crippen molar-refractivity contribution in [2.45, 2.75) is 41.2 Å². The summed E-state index contributed by atoms with van der Waals surface area (Å²) in [6.07, 6.45) is 0. The first-order chi connectivity index (χ1) is 8.43. The van der Waals surface area contributed by atoms with E-state index in [-0.39, 0.29) is 0 Å². The summed E-state index contributed by atoms with van der Waals surface area (Å²) in [5.41, 5.74) is 1.17. The van der Waals surface area contributed by atoms with E-state index in [2.05, 4.69) is 44.8 Å². The Balaban J connectivity index is 2.86. The van der Waals surface area contributed by atoms with Gasteiger partial charge in [0.25, 0.3) is 0 Å². The SMILES string of the molecule is CNCc1sc(N(CC(C)C)CC(C)C)nc1C. The zero-order valence-corrected chi connectivity index (χ0v) is 13.4. The molecule has 1 heterocycles. The van der Waals surface area contributed by atoms with Gasteiger partial charge in [-0.2, -0.15) is 0 Å². The first kappa shape index (κ1) is 15.4. The molecular formula is C14H27N3S. The Labute approximate surface area is 116 Å². The molecule has 104 valence electrons. The second kappa shape index (κ2) is 7.10. The van der Waals surface area contributed by atoms with Crippen LogP contribution in [0.3, 0.4) is 0 Å². The van der Waals surface area contributed by atoms with Gasteiger partial charge in [-0.3, -0.25) is 0 Å². The van der Waals surface area contributed by atoms with Gasteiger partial charge in [0, 0.05) is 24.5 Å². The third-order valence-electron chi connectivity index (χ3n) is 2.66. The minimum atomic E-state index is 0.667. The Morgan fingerprint density at radius 2 is 1.72 bits per heavy atom. The Hall–Kier alpha value is -0.610. The van der Waals surface area contributed by atoms with Gasteiger partial charge in [0.2, 0.25) is 0 Å². The van der Waals surface area contributed by atoms with Crippen LogP contribution in [-0.2, 0) is 6.54 Å². The van der Waals surface area contributed by atoms with Crippen molar-refractivity contribution in [2.75, 3.05) is 25.0 Å². The maximum atomic E-state index is 4.74. The lowest BCUT2D eigenvalue weighted by Crippen LogP contribution is -2.31. The summed E-state index contributed by atoms with van der Waals surface area (Å²) in [5, 5.41) is 4.39. The van der Waals surface area contributed by atoms with Gasteiger partial charge in [-0.05, 0) is 25.8 Å². The number of hydrogen-bond donors (Lipinski definition) is 1. The number of hydrogen-bond acceptors (Lipinski definition) is 4. The molecule has 0 aliphatic heterocycles. The highest BCUT2D eigenvalue weighted by Crippen LogP contribution is 2.27.